The van der Waals surface area contributed by atoms with Gasteiger partial charge in [0, 0.05) is 5.56 Å². The number of benzene rings is 1. The highest BCUT2D eigenvalue weighted by Crippen LogP contribution is 2.37. The molecule has 0 aliphatic rings. The number of aryl methyl sites for hydroxylation is 4. The van der Waals surface area contributed by atoms with Gasteiger partial charge in [-0.3, -0.25) is 0 Å². The predicted octanol–water partition coefficient (Wildman–Crippen LogP) is 5.01. The minimum Gasteiger partial charge on any atom is -0.496 e. The summed E-state index contributed by atoms with van der Waals surface area (Å²) in [6.07, 6.45) is 0. The van der Waals surface area contributed by atoms with Gasteiger partial charge in [-0.25, -0.2) is 0 Å². The zero-order valence-electron chi connectivity index (χ0n) is 12.0. The second-order valence-electron chi connectivity index (χ2n) is 4.92. The first-order valence-electron chi connectivity index (χ1n) is 6.30. The number of hydrogen-bond donors (Lipinski definition) is 0. The van der Waals surface area contributed by atoms with E-state index in [9.17, 15) is 0 Å². The Morgan fingerprint density at radius 3 is 2.05 bits per heavy atom. The lowest BCUT2D eigenvalue weighted by molar-refractivity contribution is 0.408. The number of alkyl halides is 1. The Bertz CT molecular complexity index is 576. The van der Waals surface area contributed by atoms with Crippen molar-refractivity contribution in [2.45, 2.75) is 32.5 Å². The van der Waals surface area contributed by atoms with Crippen molar-refractivity contribution in [2.24, 2.45) is 0 Å². The summed E-state index contributed by atoms with van der Waals surface area (Å²) in [6.45, 7) is 8.12. The average molecular weight is 323 g/mol. The molecule has 0 spiro atoms. The number of methoxy groups -OCH3 is 1. The second-order valence-corrected chi connectivity index (χ2v) is 5.83. The third kappa shape index (κ3) is 2.71. The van der Waals surface area contributed by atoms with E-state index in [1.165, 1.54) is 11.1 Å². The van der Waals surface area contributed by atoms with E-state index in [-0.39, 0.29) is 4.83 Å². The molecule has 0 bridgehead atoms. The van der Waals surface area contributed by atoms with Crippen molar-refractivity contribution >= 4 is 15.9 Å². The van der Waals surface area contributed by atoms with E-state index in [1.807, 2.05) is 13.8 Å². The maximum atomic E-state index is 5.61. The van der Waals surface area contributed by atoms with E-state index < -0.39 is 0 Å². The Kier molecular flexibility index (Phi) is 4.04. The van der Waals surface area contributed by atoms with Gasteiger partial charge in [-0.05, 0) is 50.5 Å². The Hall–Kier alpha value is -1.22. The molecular weight excluding hydrogens is 304 g/mol. The van der Waals surface area contributed by atoms with Gasteiger partial charge in [0.25, 0.3) is 0 Å². The van der Waals surface area contributed by atoms with Gasteiger partial charge < -0.3 is 9.15 Å². The normalized spacial score (nSPS) is 12.5. The number of hydrogen-bond acceptors (Lipinski definition) is 2. The summed E-state index contributed by atoms with van der Waals surface area (Å²) in [5, 5.41) is 0. The molecule has 0 amide bonds. The van der Waals surface area contributed by atoms with Crippen LogP contribution < -0.4 is 4.74 Å². The van der Waals surface area contributed by atoms with Gasteiger partial charge in [0.1, 0.15) is 17.3 Å². The van der Waals surface area contributed by atoms with Crippen molar-refractivity contribution in [3.63, 3.8) is 0 Å². The number of halogens is 1. The van der Waals surface area contributed by atoms with Crippen molar-refractivity contribution < 1.29 is 9.15 Å². The van der Waals surface area contributed by atoms with E-state index in [0.29, 0.717) is 0 Å². The molecule has 19 heavy (non-hydrogen) atoms. The van der Waals surface area contributed by atoms with Crippen LogP contribution in [-0.4, -0.2) is 7.11 Å². The highest BCUT2D eigenvalue weighted by atomic mass is 79.9. The summed E-state index contributed by atoms with van der Waals surface area (Å²) in [5.74, 6) is 2.87. The topological polar surface area (TPSA) is 22.4 Å². The van der Waals surface area contributed by atoms with Crippen molar-refractivity contribution in [2.75, 3.05) is 7.11 Å². The maximum absolute atomic E-state index is 5.61. The van der Waals surface area contributed by atoms with Crippen molar-refractivity contribution in [3.8, 4) is 5.75 Å². The highest BCUT2D eigenvalue weighted by molar-refractivity contribution is 9.09. The molecule has 2 aromatic rings. The molecule has 3 heteroatoms. The molecule has 1 unspecified atom stereocenters. The summed E-state index contributed by atoms with van der Waals surface area (Å²) in [7, 11) is 1.71. The van der Waals surface area contributed by atoms with Gasteiger partial charge >= 0.3 is 0 Å². The first-order chi connectivity index (χ1) is 8.93. The Morgan fingerprint density at radius 2 is 1.63 bits per heavy atom. The highest BCUT2D eigenvalue weighted by Gasteiger charge is 2.18. The summed E-state index contributed by atoms with van der Waals surface area (Å²) in [6, 6.07) is 6.41. The van der Waals surface area contributed by atoms with Crippen LogP contribution in [0.1, 0.15) is 38.6 Å². The lowest BCUT2D eigenvalue weighted by atomic mass is 10.00. The molecule has 1 aromatic carbocycles. The minimum atomic E-state index is 0.147. The Morgan fingerprint density at radius 1 is 1.05 bits per heavy atom. The van der Waals surface area contributed by atoms with Crippen LogP contribution in [0.15, 0.2) is 22.6 Å². The first-order valence-corrected chi connectivity index (χ1v) is 7.21. The van der Waals surface area contributed by atoms with Gasteiger partial charge in [0.05, 0.1) is 11.9 Å². The lowest BCUT2D eigenvalue weighted by Crippen LogP contribution is -1.98. The smallest absolute Gasteiger partial charge is 0.124 e. The predicted molar refractivity (Wildman–Crippen MR) is 81.4 cm³/mol. The van der Waals surface area contributed by atoms with E-state index in [2.05, 4.69) is 48.0 Å². The van der Waals surface area contributed by atoms with Crippen LogP contribution in [0.2, 0.25) is 0 Å². The molecule has 0 saturated heterocycles. The molecule has 0 aliphatic heterocycles. The van der Waals surface area contributed by atoms with Crippen LogP contribution in [0, 0.1) is 27.7 Å². The third-order valence-corrected chi connectivity index (χ3v) is 4.35. The molecule has 1 aromatic heterocycles. The van der Waals surface area contributed by atoms with E-state index in [1.54, 1.807) is 7.11 Å². The fourth-order valence-electron chi connectivity index (χ4n) is 2.53. The molecule has 0 saturated carbocycles. The third-order valence-electron chi connectivity index (χ3n) is 3.33. The van der Waals surface area contributed by atoms with Gasteiger partial charge in [-0.2, -0.15) is 0 Å². The van der Waals surface area contributed by atoms with Crippen LogP contribution in [0.5, 0.6) is 5.75 Å². The molecule has 2 rings (SSSR count). The van der Waals surface area contributed by atoms with Gasteiger partial charge in [0.2, 0.25) is 0 Å². The summed E-state index contributed by atoms with van der Waals surface area (Å²) >= 11 is 3.77. The van der Waals surface area contributed by atoms with Gasteiger partial charge in [-0.1, -0.05) is 28.1 Å². The summed E-state index contributed by atoms with van der Waals surface area (Å²) in [4.78, 5) is 0.147. The number of rotatable bonds is 3. The molecule has 0 N–H and O–H groups in total. The van der Waals surface area contributed by atoms with Crippen molar-refractivity contribution in [1.82, 2.24) is 0 Å². The van der Waals surface area contributed by atoms with Crippen LogP contribution in [0.3, 0.4) is 0 Å². The van der Waals surface area contributed by atoms with Crippen molar-refractivity contribution in [3.05, 3.63) is 52.0 Å². The van der Waals surface area contributed by atoms with Crippen molar-refractivity contribution in [1.29, 1.82) is 0 Å². The van der Waals surface area contributed by atoms with E-state index >= 15 is 0 Å². The van der Waals surface area contributed by atoms with E-state index in [0.717, 1.165) is 28.4 Å². The molecule has 1 heterocycles. The van der Waals surface area contributed by atoms with Crippen LogP contribution in [-0.2, 0) is 0 Å². The average Bonchev–Trinajstić information content (AvgIpc) is 2.67. The number of furan rings is 1. The molecule has 1 atom stereocenters. The first kappa shape index (κ1) is 14.2. The largest absolute Gasteiger partial charge is 0.496 e. The van der Waals surface area contributed by atoms with Crippen LogP contribution >= 0.6 is 15.9 Å². The molecule has 0 fully saturated rings. The van der Waals surface area contributed by atoms with Gasteiger partial charge in [-0.15, -0.1) is 0 Å². The standard InChI is InChI=1S/C16H19BrO2/c1-9-6-13(7-10(2)16(9)18-5)15(17)14-8-11(3)19-12(14)4/h6-8,15H,1-5H3. The second kappa shape index (κ2) is 5.41. The Labute approximate surface area is 122 Å². The monoisotopic (exact) mass is 322 g/mol. The zero-order valence-corrected chi connectivity index (χ0v) is 13.6. The molecule has 102 valence electrons. The maximum Gasteiger partial charge on any atom is 0.124 e. The van der Waals surface area contributed by atoms with E-state index in [4.69, 9.17) is 9.15 Å². The van der Waals surface area contributed by atoms with Crippen LogP contribution in [0.4, 0.5) is 0 Å². The molecule has 0 aliphatic carbocycles. The SMILES string of the molecule is COc1c(C)cc(C(Br)c2cc(C)oc2C)cc1C. The number of ether oxygens (including phenoxy) is 1. The fraction of sp³-hybridized carbons (Fsp3) is 0.375. The zero-order chi connectivity index (χ0) is 14.2. The fourth-order valence-corrected chi connectivity index (χ4v) is 3.25. The summed E-state index contributed by atoms with van der Waals surface area (Å²) < 4.78 is 11.0. The van der Waals surface area contributed by atoms with Gasteiger partial charge in [0.15, 0.2) is 0 Å². The lowest BCUT2D eigenvalue weighted by Gasteiger charge is -2.15. The molecular formula is C16H19BrO2. The minimum absolute atomic E-state index is 0.147. The molecule has 2 nitrogen and oxygen atoms in total. The van der Waals surface area contributed by atoms with Crippen LogP contribution in [0.25, 0.3) is 0 Å². The molecule has 0 radical (unpaired) electrons. The Balaban J connectivity index is 2.45. The quantitative estimate of drug-likeness (QED) is 0.741. The summed E-state index contributed by atoms with van der Waals surface area (Å²) in [5.41, 5.74) is 4.71.